The SMILES string of the molecule is COc1ccc(C2(CNC(=O)c3cc(=O)c4ccccc4o3)CCOCC2)cc1. The second kappa shape index (κ2) is 8.09. The topological polar surface area (TPSA) is 77.8 Å². The largest absolute Gasteiger partial charge is 0.497 e. The summed E-state index contributed by atoms with van der Waals surface area (Å²) in [6.07, 6.45) is 1.59. The number of hydrogen-bond acceptors (Lipinski definition) is 5. The Morgan fingerprint density at radius 2 is 1.83 bits per heavy atom. The molecule has 6 nitrogen and oxygen atoms in total. The first-order valence-corrected chi connectivity index (χ1v) is 9.65. The number of ether oxygens (including phenoxy) is 2. The lowest BCUT2D eigenvalue weighted by atomic mass is 9.74. The van der Waals surface area contributed by atoms with Gasteiger partial charge in [-0.2, -0.15) is 0 Å². The van der Waals surface area contributed by atoms with Gasteiger partial charge in [0.1, 0.15) is 11.3 Å². The lowest BCUT2D eigenvalue weighted by Crippen LogP contribution is -2.44. The standard InChI is InChI=1S/C23H23NO5/c1-27-17-8-6-16(7-9-17)23(10-12-28-13-11-23)15-24-22(26)21-14-19(25)18-4-2-3-5-20(18)29-21/h2-9,14H,10-13,15H2,1H3,(H,24,26). The minimum absolute atomic E-state index is 0.0191. The van der Waals surface area contributed by atoms with E-state index < -0.39 is 5.91 Å². The summed E-state index contributed by atoms with van der Waals surface area (Å²) in [7, 11) is 1.64. The Kier molecular flexibility index (Phi) is 5.36. The fourth-order valence-corrected chi connectivity index (χ4v) is 3.83. The van der Waals surface area contributed by atoms with E-state index >= 15 is 0 Å². The number of nitrogens with one attached hydrogen (secondary N) is 1. The summed E-state index contributed by atoms with van der Waals surface area (Å²) in [5, 5.41) is 3.43. The molecule has 1 N–H and O–H groups in total. The summed E-state index contributed by atoms with van der Waals surface area (Å²) in [6, 6.07) is 16.1. The van der Waals surface area contributed by atoms with Gasteiger partial charge in [0.05, 0.1) is 12.5 Å². The number of hydrogen-bond donors (Lipinski definition) is 1. The van der Waals surface area contributed by atoms with E-state index in [-0.39, 0.29) is 16.6 Å². The number of amides is 1. The number of carbonyl (C=O) groups is 1. The van der Waals surface area contributed by atoms with Crippen molar-refractivity contribution in [3.63, 3.8) is 0 Å². The minimum Gasteiger partial charge on any atom is -0.497 e. The number of para-hydroxylation sites is 1. The summed E-state index contributed by atoms with van der Waals surface area (Å²) in [5.41, 5.74) is 1.06. The smallest absolute Gasteiger partial charge is 0.287 e. The van der Waals surface area contributed by atoms with Gasteiger partial charge in [0.25, 0.3) is 5.91 Å². The zero-order chi connectivity index (χ0) is 20.3. The van der Waals surface area contributed by atoms with Crippen LogP contribution in [0, 0.1) is 0 Å². The van der Waals surface area contributed by atoms with Crippen LogP contribution in [0.15, 0.2) is 63.8 Å². The molecule has 1 fully saturated rings. The molecular weight excluding hydrogens is 370 g/mol. The molecule has 0 aliphatic carbocycles. The Hall–Kier alpha value is -3.12. The van der Waals surface area contributed by atoms with E-state index in [4.69, 9.17) is 13.9 Å². The maximum Gasteiger partial charge on any atom is 0.287 e. The van der Waals surface area contributed by atoms with Crippen LogP contribution in [0.5, 0.6) is 5.75 Å². The number of fused-ring (bicyclic) bond motifs is 1. The van der Waals surface area contributed by atoms with Gasteiger partial charge in [-0.15, -0.1) is 0 Å². The number of rotatable bonds is 5. The van der Waals surface area contributed by atoms with Crippen molar-refractivity contribution in [2.24, 2.45) is 0 Å². The van der Waals surface area contributed by atoms with E-state index in [0.717, 1.165) is 24.2 Å². The molecule has 150 valence electrons. The van der Waals surface area contributed by atoms with Crippen molar-refractivity contribution in [1.82, 2.24) is 5.32 Å². The van der Waals surface area contributed by atoms with E-state index in [1.807, 2.05) is 24.3 Å². The highest BCUT2D eigenvalue weighted by molar-refractivity contribution is 5.93. The molecule has 0 unspecified atom stereocenters. The average molecular weight is 393 g/mol. The predicted molar refractivity (Wildman–Crippen MR) is 110 cm³/mol. The van der Waals surface area contributed by atoms with Crippen LogP contribution in [-0.4, -0.2) is 32.8 Å². The number of benzene rings is 2. The molecular formula is C23H23NO5. The third-order valence-electron chi connectivity index (χ3n) is 5.60. The minimum atomic E-state index is -0.396. The Bertz CT molecular complexity index is 1060. The van der Waals surface area contributed by atoms with Crippen LogP contribution < -0.4 is 15.5 Å². The van der Waals surface area contributed by atoms with Crippen molar-refractivity contribution >= 4 is 16.9 Å². The quantitative estimate of drug-likeness (QED) is 0.720. The van der Waals surface area contributed by atoms with Gasteiger partial charge in [0.2, 0.25) is 0 Å². The van der Waals surface area contributed by atoms with Crippen LogP contribution in [0.2, 0.25) is 0 Å². The maximum absolute atomic E-state index is 12.8. The molecule has 6 heteroatoms. The summed E-state index contributed by atoms with van der Waals surface area (Å²) < 4.78 is 16.5. The van der Waals surface area contributed by atoms with Crippen LogP contribution in [0.4, 0.5) is 0 Å². The lowest BCUT2D eigenvalue weighted by molar-refractivity contribution is 0.0484. The van der Waals surface area contributed by atoms with Crippen LogP contribution >= 0.6 is 0 Å². The molecule has 29 heavy (non-hydrogen) atoms. The van der Waals surface area contributed by atoms with Crippen LogP contribution in [0.25, 0.3) is 11.0 Å². The fraction of sp³-hybridized carbons (Fsp3) is 0.304. The molecule has 1 aromatic heterocycles. The molecule has 0 bridgehead atoms. The Labute approximate surface area is 168 Å². The third-order valence-corrected chi connectivity index (χ3v) is 5.60. The summed E-state index contributed by atoms with van der Waals surface area (Å²) >= 11 is 0. The van der Waals surface area contributed by atoms with Crippen molar-refractivity contribution in [3.05, 3.63) is 76.1 Å². The fourth-order valence-electron chi connectivity index (χ4n) is 3.83. The molecule has 3 aromatic rings. The van der Waals surface area contributed by atoms with E-state index in [1.54, 1.807) is 31.4 Å². The molecule has 0 atom stereocenters. The zero-order valence-corrected chi connectivity index (χ0v) is 16.3. The summed E-state index contributed by atoms with van der Waals surface area (Å²) in [4.78, 5) is 25.0. The second-order valence-corrected chi connectivity index (χ2v) is 7.27. The summed E-state index contributed by atoms with van der Waals surface area (Å²) in [5.74, 6) is 0.413. The third kappa shape index (κ3) is 3.89. The zero-order valence-electron chi connectivity index (χ0n) is 16.3. The van der Waals surface area contributed by atoms with Crippen molar-refractivity contribution in [3.8, 4) is 5.75 Å². The van der Waals surface area contributed by atoms with Gasteiger partial charge >= 0.3 is 0 Å². The van der Waals surface area contributed by atoms with E-state index in [0.29, 0.717) is 30.7 Å². The second-order valence-electron chi connectivity index (χ2n) is 7.27. The Morgan fingerprint density at radius 1 is 1.10 bits per heavy atom. The number of carbonyl (C=O) groups excluding carboxylic acids is 1. The van der Waals surface area contributed by atoms with Crippen LogP contribution in [-0.2, 0) is 10.2 Å². The molecule has 2 heterocycles. The van der Waals surface area contributed by atoms with E-state index in [9.17, 15) is 9.59 Å². The highest BCUT2D eigenvalue weighted by atomic mass is 16.5. The molecule has 1 saturated heterocycles. The molecule has 2 aromatic carbocycles. The molecule has 0 radical (unpaired) electrons. The highest BCUT2D eigenvalue weighted by Crippen LogP contribution is 2.35. The lowest BCUT2D eigenvalue weighted by Gasteiger charge is -2.38. The van der Waals surface area contributed by atoms with Crippen LogP contribution in [0.1, 0.15) is 29.0 Å². The van der Waals surface area contributed by atoms with Crippen molar-refractivity contribution in [2.45, 2.75) is 18.3 Å². The van der Waals surface area contributed by atoms with Gasteiger partial charge in [0.15, 0.2) is 11.2 Å². The van der Waals surface area contributed by atoms with Gasteiger partial charge in [-0.3, -0.25) is 9.59 Å². The molecule has 4 rings (SSSR count). The Balaban J connectivity index is 1.57. The predicted octanol–water partition coefficient (Wildman–Crippen LogP) is 3.28. The first kappa shape index (κ1) is 19.2. The van der Waals surface area contributed by atoms with Crippen molar-refractivity contribution < 1.29 is 18.7 Å². The Morgan fingerprint density at radius 3 is 2.55 bits per heavy atom. The normalized spacial score (nSPS) is 15.8. The average Bonchev–Trinajstić information content (AvgIpc) is 2.78. The van der Waals surface area contributed by atoms with E-state index in [2.05, 4.69) is 5.32 Å². The number of methoxy groups -OCH3 is 1. The van der Waals surface area contributed by atoms with Crippen molar-refractivity contribution in [2.75, 3.05) is 26.9 Å². The van der Waals surface area contributed by atoms with Gasteiger partial charge in [-0.25, -0.2) is 0 Å². The molecule has 1 amide bonds. The monoisotopic (exact) mass is 393 g/mol. The van der Waals surface area contributed by atoms with Gasteiger partial charge < -0.3 is 19.2 Å². The van der Waals surface area contributed by atoms with Gasteiger partial charge in [-0.05, 0) is 42.7 Å². The first-order chi connectivity index (χ1) is 14.1. The highest BCUT2D eigenvalue weighted by Gasteiger charge is 2.35. The molecule has 1 aliphatic heterocycles. The maximum atomic E-state index is 12.8. The first-order valence-electron chi connectivity index (χ1n) is 9.65. The van der Waals surface area contributed by atoms with Gasteiger partial charge in [-0.1, -0.05) is 24.3 Å². The van der Waals surface area contributed by atoms with Crippen LogP contribution in [0.3, 0.4) is 0 Å². The molecule has 1 aliphatic rings. The van der Waals surface area contributed by atoms with Crippen molar-refractivity contribution in [1.29, 1.82) is 0 Å². The summed E-state index contributed by atoms with van der Waals surface area (Å²) in [6.45, 7) is 1.69. The molecule has 0 saturated carbocycles. The van der Waals surface area contributed by atoms with E-state index in [1.165, 1.54) is 6.07 Å². The van der Waals surface area contributed by atoms with Gasteiger partial charge in [0, 0.05) is 31.2 Å². The molecule has 0 spiro atoms.